The number of nitrogens with one attached hydrogen (secondary N) is 2. The van der Waals surface area contributed by atoms with E-state index in [-0.39, 0.29) is 23.3 Å². The number of rotatable bonds is 7. The Hall–Kier alpha value is -0.670. The van der Waals surface area contributed by atoms with E-state index in [1.54, 1.807) is 10.9 Å². The van der Waals surface area contributed by atoms with E-state index < -0.39 is 10.0 Å². The van der Waals surface area contributed by atoms with Crippen LogP contribution >= 0.6 is 12.4 Å². The van der Waals surface area contributed by atoms with Crippen LogP contribution in [-0.2, 0) is 14.8 Å². The van der Waals surface area contributed by atoms with E-state index in [4.69, 9.17) is 4.74 Å². The third-order valence-corrected chi connectivity index (χ3v) is 4.71. The average molecular weight is 339 g/mol. The summed E-state index contributed by atoms with van der Waals surface area (Å²) >= 11 is 0. The number of nitrogens with zero attached hydrogens (tertiary/aromatic N) is 2. The molecule has 1 saturated heterocycles. The molecule has 1 aromatic heterocycles. The molecule has 0 bridgehead atoms. The molecule has 7 nitrogen and oxygen atoms in total. The lowest BCUT2D eigenvalue weighted by molar-refractivity contribution is 0.0662. The van der Waals surface area contributed by atoms with Gasteiger partial charge in [0.1, 0.15) is 4.90 Å². The van der Waals surface area contributed by atoms with Gasteiger partial charge in [-0.25, -0.2) is 13.1 Å². The van der Waals surface area contributed by atoms with Gasteiger partial charge in [-0.15, -0.1) is 12.4 Å². The first-order valence-corrected chi connectivity index (χ1v) is 8.44. The van der Waals surface area contributed by atoms with Gasteiger partial charge in [0.2, 0.25) is 10.0 Å². The summed E-state index contributed by atoms with van der Waals surface area (Å²) in [5.74, 6) is 0. The van der Waals surface area contributed by atoms with Gasteiger partial charge in [0, 0.05) is 32.5 Å². The Balaban J connectivity index is 0.00000220. The molecule has 2 rings (SSSR count). The first-order chi connectivity index (χ1) is 9.63. The molecule has 0 saturated carbocycles. The van der Waals surface area contributed by atoms with E-state index in [2.05, 4.69) is 15.1 Å². The highest BCUT2D eigenvalue weighted by Gasteiger charge is 2.20. The van der Waals surface area contributed by atoms with E-state index in [0.29, 0.717) is 26.3 Å². The summed E-state index contributed by atoms with van der Waals surface area (Å²) in [7, 11) is -3.46. The first-order valence-electron chi connectivity index (χ1n) is 6.96. The van der Waals surface area contributed by atoms with Crippen molar-refractivity contribution in [2.45, 2.75) is 30.7 Å². The van der Waals surface area contributed by atoms with Gasteiger partial charge in [0.05, 0.1) is 12.2 Å². The van der Waals surface area contributed by atoms with Crippen LogP contribution in [0.4, 0.5) is 0 Å². The van der Waals surface area contributed by atoms with Crippen molar-refractivity contribution >= 4 is 22.4 Å². The van der Waals surface area contributed by atoms with Gasteiger partial charge in [-0.1, -0.05) is 6.92 Å². The minimum Gasteiger partial charge on any atom is -0.381 e. The van der Waals surface area contributed by atoms with Crippen LogP contribution in [0.2, 0.25) is 0 Å². The number of aromatic nitrogens is 2. The highest BCUT2D eigenvalue weighted by atomic mass is 35.5. The van der Waals surface area contributed by atoms with Crippen LogP contribution in [0.3, 0.4) is 0 Å². The predicted octanol–water partition coefficient (Wildman–Crippen LogP) is 0.544. The molecule has 0 aliphatic carbocycles. The molecule has 21 heavy (non-hydrogen) atoms. The van der Waals surface area contributed by atoms with Gasteiger partial charge < -0.3 is 10.1 Å². The summed E-state index contributed by atoms with van der Waals surface area (Å²) in [5, 5.41) is 7.24. The maximum absolute atomic E-state index is 12.1. The van der Waals surface area contributed by atoms with Crippen LogP contribution < -0.4 is 10.0 Å². The van der Waals surface area contributed by atoms with Gasteiger partial charge in [-0.05, 0) is 19.4 Å². The van der Waals surface area contributed by atoms with E-state index in [0.717, 1.165) is 19.4 Å². The molecule has 2 N–H and O–H groups in total. The van der Waals surface area contributed by atoms with Crippen molar-refractivity contribution in [1.82, 2.24) is 19.8 Å². The van der Waals surface area contributed by atoms with E-state index >= 15 is 0 Å². The van der Waals surface area contributed by atoms with E-state index in [1.807, 2.05) is 6.92 Å². The molecule has 0 atom stereocenters. The second kappa shape index (κ2) is 8.70. The van der Waals surface area contributed by atoms with Crippen molar-refractivity contribution in [1.29, 1.82) is 0 Å². The molecule has 1 fully saturated rings. The van der Waals surface area contributed by atoms with Gasteiger partial charge >= 0.3 is 0 Å². The highest BCUT2D eigenvalue weighted by molar-refractivity contribution is 7.89. The molecule has 1 aliphatic heterocycles. The first kappa shape index (κ1) is 18.4. The fourth-order valence-corrected chi connectivity index (χ4v) is 3.11. The van der Waals surface area contributed by atoms with Crippen molar-refractivity contribution < 1.29 is 13.2 Å². The number of ether oxygens (including phenoxy) is 1. The monoisotopic (exact) mass is 338 g/mol. The fourth-order valence-electron chi connectivity index (χ4n) is 2.14. The number of halogens is 1. The second-order valence-electron chi connectivity index (χ2n) is 4.75. The van der Waals surface area contributed by atoms with Gasteiger partial charge in [-0.2, -0.15) is 5.10 Å². The number of sulfonamides is 1. The summed E-state index contributed by atoms with van der Waals surface area (Å²) in [5.41, 5.74) is 0. The maximum atomic E-state index is 12.1. The zero-order valence-electron chi connectivity index (χ0n) is 12.1. The van der Waals surface area contributed by atoms with E-state index in [1.165, 1.54) is 6.20 Å². The Labute approximate surface area is 131 Å². The largest absolute Gasteiger partial charge is 0.381 e. The summed E-state index contributed by atoms with van der Waals surface area (Å²) in [4.78, 5) is 0.223. The Kier molecular flexibility index (Phi) is 7.61. The SMILES string of the molecule is CCNCCNS(=O)(=O)c1cnn(C2CCOCC2)c1.Cl. The Bertz CT molecular complexity index is 514. The normalized spacial score (nSPS) is 16.6. The van der Waals surface area contributed by atoms with Crippen LogP contribution in [0.5, 0.6) is 0 Å². The minimum absolute atomic E-state index is 0. The standard InChI is InChI=1S/C12H22N4O3S.ClH/c1-2-13-5-6-15-20(17,18)12-9-14-16(10-12)11-3-7-19-8-4-11;/h9-11,13,15H,2-8H2,1H3;1H. The van der Waals surface area contributed by atoms with Crippen LogP contribution in [0.25, 0.3) is 0 Å². The molecule has 122 valence electrons. The fraction of sp³-hybridized carbons (Fsp3) is 0.750. The van der Waals surface area contributed by atoms with Gasteiger partial charge in [0.15, 0.2) is 0 Å². The lowest BCUT2D eigenvalue weighted by atomic mass is 10.1. The zero-order valence-corrected chi connectivity index (χ0v) is 13.8. The topological polar surface area (TPSA) is 85.3 Å². The molecule has 0 spiro atoms. The Morgan fingerprint density at radius 1 is 1.38 bits per heavy atom. The summed E-state index contributed by atoms with van der Waals surface area (Å²) in [6, 6.07) is 0.231. The van der Waals surface area contributed by atoms with Crippen LogP contribution in [0.15, 0.2) is 17.3 Å². The Morgan fingerprint density at radius 3 is 2.76 bits per heavy atom. The maximum Gasteiger partial charge on any atom is 0.243 e. The average Bonchev–Trinajstić information content (AvgIpc) is 2.95. The molecule has 0 amide bonds. The smallest absolute Gasteiger partial charge is 0.243 e. The molecule has 2 heterocycles. The third-order valence-electron chi connectivity index (χ3n) is 3.30. The molecular formula is C12H23ClN4O3S. The molecule has 0 radical (unpaired) electrons. The lowest BCUT2D eigenvalue weighted by Crippen LogP contribution is -2.31. The van der Waals surface area contributed by atoms with Crippen LogP contribution in [0, 0.1) is 0 Å². The molecule has 1 aliphatic rings. The molecule has 0 aromatic carbocycles. The van der Waals surface area contributed by atoms with Crippen LogP contribution in [0.1, 0.15) is 25.8 Å². The highest BCUT2D eigenvalue weighted by Crippen LogP contribution is 2.21. The summed E-state index contributed by atoms with van der Waals surface area (Å²) in [6.07, 6.45) is 4.75. The van der Waals surface area contributed by atoms with Crippen molar-refractivity contribution in [3.05, 3.63) is 12.4 Å². The van der Waals surface area contributed by atoms with Crippen molar-refractivity contribution in [3.63, 3.8) is 0 Å². The minimum atomic E-state index is -3.46. The van der Waals surface area contributed by atoms with E-state index in [9.17, 15) is 8.42 Å². The van der Waals surface area contributed by atoms with Crippen molar-refractivity contribution in [2.75, 3.05) is 32.8 Å². The van der Waals surface area contributed by atoms with Gasteiger partial charge in [0.25, 0.3) is 0 Å². The zero-order chi connectivity index (χ0) is 14.4. The van der Waals surface area contributed by atoms with Crippen molar-refractivity contribution in [3.8, 4) is 0 Å². The number of likely N-dealkylation sites (N-methyl/N-ethyl adjacent to an activating group) is 1. The molecule has 1 aromatic rings. The number of hydrogen-bond donors (Lipinski definition) is 2. The predicted molar refractivity (Wildman–Crippen MR) is 82.3 cm³/mol. The van der Waals surface area contributed by atoms with Crippen molar-refractivity contribution in [2.24, 2.45) is 0 Å². The second-order valence-corrected chi connectivity index (χ2v) is 6.52. The molecule has 9 heteroatoms. The summed E-state index contributed by atoms with van der Waals surface area (Å²) < 4.78 is 33.7. The quantitative estimate of drug-likeness (QED) is 0.709. The van der Waals surface area contributed by atoms with Gasteiger partial charge in [-0.3, -0.25) is 4.68 Å². The Morgan fingerprint density at radius 2 is 2.10 bits per heavy atom. The molecular weight excluding hydrogens is 316 g/mol. The number of hydrogen-bond acceptors (Lipinski definition) is 5. The third kappa shape index (κ3) is 5.23. The summed E-state index contributed by atoms with van der Waals surface area (Å²) in [6.45, 7) is 5.19. The lowest BCUT2D eigenvalue weighted by Gasteiger charge is -2.22. The van der Waals surface area contributed by atoms with Crippen LogP contribution in [-0.4, -0.2) is 51.0 Å². The molecule has 0 unspecified atom stereocenters.